The number of aryl methyl sites for hydroxylation is 1. The van der Waals surface area contributed by atoms with Crippen molar-refractivity contribution in [2.24, 2.45) is 0 Å². The first kappa shape index (κ1) is 16.8. The first-order valence-electron chi connectivity index (χ1n) is 7.14. The second kappa shape index (κ2) is 7.64. The number of hydrogen-bond donors (Lipinski definition) is 1. The van der Waals surface area contributed by atoms with Crippen LogP contribution in [0.3, 0.4) is 0 Å². The lowest BCUT2D eigenvalue weighted by Gasteiger charge is -2.16. The van der Waals surface area contributed by atoms with E-state index in [0.717, 1.165) is 5.56 Å². The van der Waals surface area contributed by atoms with Crippen LogP contribution in [0.4, 0.5) is 4.79 Å². The third kappa shape index (κ3) is 4.23. The molecular formula is C16H20N2O5. The van der Waals surface area contributed by atoms with Gasteiger partial charge in [-0.2, -0.15) is 0 Å². The third-order valence-electron chi connectivity index (χ3n) is 3.40. The van der Waals surface area contributed by atoms with Crippen molar-refractivity contribution < 1.29 is 23.9 Å². The van der Waals surface area contributed by atoms with Gasteiger partial charge in [-0.3, -0.25) is 0 Å². The van der Waals surface area contributed by atoms with Crippen molar-refractivity contribution in [3.8, 4) is 17.1 Å². The summed E-state index contributed by atoms with van der Waals surface area (Å²) in [5.41, 5.74) is 2.10. The second-order valence-electron chi connectivity index (χ2n) is 5.09. The molecule has 0 fully saturated rings. The zero-order valence-corrected chi connectivity index (χ0v) is 13.4. The molecule has 0 saturated heterocycles. The van der Waals surface area contributed by atoms with E-state index in [1.807, 2.05) is 0 Å². The largest absolute Gasteiger partial charge is 0.508 e. The first-order valence-corrected chi connectivity index (χ1v) is 7.14. The minimum absolute atomic E-state index is 0.0572. The summed E-state index contributed by atoms with van der Waals surface area (Å²) in [6.45, 7) is 2.73. The monoisotopic (exact) mass is 320 g/mol. The van der Waals surface area contributed by atoms with Crippen LogP contribution in [-0.2, 0) is 16.1 Å². The van der Waals surface area contributed by atoms with Gasteiger partial charge < -0.3 is 24.0 Å². The maximum atomic E-state index is 11.9. The summed E-state index contributed by atoms with van der Waals surface area (Å²) in [5, 5.41) is 13.3. The van der Waals surface area contributed by atoms with Crippen LogP contribution in [0.15, 0.2) is 28.8 Å². The Balaban J connectivity index is 2.07. The summed E-state index contributed by atoms with van der Waals surface area (Å²) in [6.07, 6.45) is -0.445. The lowest BCUT2D eigenvalue weighted by molar-refractivity contribution is 0.0918. The molecule has 2 rings (SSSR count). The van der Waals surface area contributed by atoms with Crippen LogP contribution in [0, 0.1) is 6.92 Å². The third-order valence-corrected chi connectivity index (χ3v) is 3.40. The average Bonchev–Trinajstić information content (AvgIpc) is 2.91. The van der Waals surface area contributed by atoms with Gasteiger partial charge >= 0.3 is 6.09 Å². The number of ether oxygens (including phenoxy) is 2. The molecule has 1 N–H and O–H groups in total. The van der Waals surface area contributed by atoms with Crippen molar-refractivity contribution in [1.82, 2.24) is 10.1 Å². The Morgan fingerprint density at radius 2 is 2.04 bits per heavy atom. The van der Waals surface area contributed by atoms with Gasteiger partial charge in [-0.15, -0.1) is 0 Å². The van der Waals surface area contributed by atoms with E-state index in [0.29, 0.717) is 30.2 Å². The minimum Gasteiger partial charge on any atom is -0.508 e. The topological polar surface area (TPSA) is 85.0 Å². The lowest BCUT2D eigenvalue weighted by atomic mass is 10.1. The summed E-state index contributed by atoms with van der Waals surface area (Å²) in [4.78, 5) is 13.3. The normalized spacial score (nSPS) is 10.6. The number of phenols is 1. The number of amides is 1. The molecule has 0 atom stereocenters. The van der Waals surface area contributed by atoms with E-state index in [9.17, 15) is 9.90 Å². The van der Waals surface area contributed by atoms with Crippen LogP contribution in [0.5, 0.6) is 5.75 Å². The van der Waals surface area contributed by atoms with Crippen LogP contribution in [0.2, 0.25) is 0 Å². The molecule has 0 radical (unpaired) electrons. The minimum atomic E-state index is -0.445. The Bertz CT molecular complexity index is 651. The molecule has 1 amide bonds. The van der Waals surface area contributed by atoms with Crippen LogP contribution in [-0.4, -0.2) is 48.6 Å². The predicted octanol–water partition coefficient (Wildman–Crippen LogP) is 2.57. The van der Waals surface area contributed by atoms with Crippen molar-refractivity contribution in [3.05, 3.63) is 35.5 Å². The number of methoxy groups -OCH3 is 1. The molecule has 1 heterocycles. The lowest BCUT2D eigenvalue weighted by Crippen LogP contribution is -2.30. The Labute approximate surface area is 134 Å². The van der Waals surface area contributed by atoms with E-state index in [2.05, 4.69) is 5.16 Å². The average molecular weight is 320 g/mol. The number of benzene rings is 1. The fraction of sp³-hybridized carbons (Fsp3) is 0.375. The van der Waals surface area contributed by atoms with Gasteiger partial charge in [0.05, 0.1) is 17.9 Å². The van der Waals surface area contributed by atoms with Crippen LogP contribution < -0.4 is 0 Å². The van der Waals surface area contributed by atoms with Crippen molar-refractivity contribution >= 4 is 6.09 Å². The highest BCUT2D eigenvalue weighted by Gasteiger charge is 2.18. The van der Waals surface area contributed by atoms with Crippen molar-refractivity contribution in [1.29, 1.82) is 0 Å². The second-order valence-corrected chi connectivity index (χ2v) is 5.09. The van der Waals surface area contributed by atoms with Gasteiger partial charge in [-0.05, 0) is 31.2 Å². The molecule has 7 nitrogen and oxygen atoms in total. The summed E-state index contributed by atoms with van der Waals surface area (Å²) >= 11 is 0. The van der Waals surface area contributed by atoms with Gasteiger partial charge in [0.1, 0.15) is 12.4 Å². The van der Waals surface area contributed by atoms with Gasteiger partial charge in [0.15, 0.2) is 5.76 Å². The quantitative estimate of drug-likeness (QED) is 0.880. The molecule has 1 aromatic carbocycles. The number of carbonyl (C=O) groups excluding carboxylic acids is 1. The van der Waals surface area contributed by atoms with Gasteiger partial charge in [-0.25, -0.2) is 4.79 Å². The molecule has 0 aliphatic carbocycles. The van der Waals surface area contributed by atoms with E-state index < -0.39 is 6.09 Å². The number of aromatic hydroxyl groups is 1. The zero-order valence-electron chi connectivity index (χ0n) is 13.4. The molecular weight excluding hydrogens is 300 g/mol. The van der Waals surface area contributed by atoms with Crippen molar-refractivity contribution in [3.63, 3.8) is 0 Å². The number of aromatic nitrogens is 1. The van der Waals surface area contributed by atoms with Crippen LogP contribution >= 0.6 is 0 Å². The molecule has 23 heavy (non-hydrogen) atoms. The fourth-order valence-electron chi connectivity index (χ4n) is 1.96. The molecule has 0 saturated carbocycles. The molecule has 124 valence electrons. The van der Waals surface area contributed by atoms with Gasteiger partial charge in [0.25, 0.3) is 0 Å². The number of rotatable bonds is 6. The Morgan fingerprint density at radius 3 is 2.70 bits per heavy atom. The molecule has 0 spiro atoms. The molecule has 7 heteroatoms. The molecule has 0 unspecified atom stereocenters. The standard InChI is InChI=1S/C16H20N2O5/c1-11-14(10-22-16(20)18(2)8-9-21-3)15(23-17-11)12-4-6-13(19)7-5-12/h4-7,19H,8-10H2,1-3H3. The van der Waals surface area contributed by atoms with E-state index in [1.54, 1.807) is 45.3 Å². The van der Waals surface area contributed by atoms with E-state index in [1.165, 1.54) is 4.90 Å². The molecule has 1 aromatic heterocycles. The number of carbonyl (C=O) groups is 1. The molecule has 0 aliphatic heterocycles. The van der Waals surface area contributed by atoms with E-state index in [4.69, 9.17) is 14.0 Å². The first-order chi connectivity index (χ1) is 11.0. The maximum Gasteiger partial charge on any atom is 0.409 e. The Hall–Kier alpha value is -2.54. The molecule has 0 bridgehead atoms. The van der Waals surface area contributed by atoms with Gasteiger partial charge in [0, 0.05) is 26.3 Å². The van der Waals surface area contributed by atoms with Gasteiger partial charge in [0.2, 0.25) is 0 Å². The SMILES string of the molecule is COCCN(C)C(=O)OCc1c(C)noc1-c1ccc(O)cc1. The van der Waals surface area contributed by atoms with E-state index in [-0.39, 0.29) is 12.4 Å². The highest BCUT2D eigenvalue weighted by Crippen LogP contribution is 2.28. The number of nitrogens with zero attached hydrogens (tertiary/aromatic N) is 2. The Morgan fingerprint density at radius 1 is 1.35 bits per heavy atom. The van der Waals surface area contributed by atoms with Gasteiger partial charge in [-0.1, -0.05) is 5.16 Å². The van der Waals surface area contributed by atoms with Crippen molar-refractivity contribution in [2.75, 3.05) is 27.3 Å². The summed E-state index contributed by atoms with van der Waals surface area (Å²) in [6, 6.07) is 6.54. The Kier molecular flexibility index (Phi) is 5.59. The molecule has 0 aliphatic rings. The summed E-state index contributed by atoms with van der Waals surface area (Å²) < 4.78 is 15.5. The zero-order chi connectivity index (χ0) is 16.8. The summed E-state index contributed by atoms with van der Waals surface area (Å²) in [5.74, 6) is 0.688. The van der Waals surface area contributed by atoms with Crippen molar-refractivity contribution in [2.45, 2.75) is 13.5 Å². The predicted molar refractivity (Wildman–Crippen MR) is 83.0 cm³/mol. The smallest absolute Gasteiger partial charge is 0.409 e. The number of hydrogen-bond acceptors (Lipinski definition) is 6. The van der Waals surface area contributed by atoms with Crippen LogP contribution in [0.1, 0.15) is 11.3 Å². The fourth-order valence-corrected chi connectivity index (χ4v) is 1.96. The maximum absolute atomic E-state index is 11.9. The number of phenolic OH excluding ortho intramolecular Hbond substituents is 1. The number of likely N-dealkylation sites (N-methyl/N-ethyl adjacent to an activating group) is 1. The van der Waals surface area contributed by atoms with Crippen LogP contribution in [0.25, 0.3) is 11.3 Å². The summed E-state index contributed by atoms with van der Waals surface area (Å²) in [7, 11) is 3.21. The molecule has 2 aromatic rings. The highest BCUT2D eigenvalue weighted by atomic mass is 16.6. The van der Waals surface area contributed by atoms with E-state index >= 15 is 0 Å². The highest BCUT2D eigenvalue weighted by molar-refractivity contribution is 5.68.